The second kappa shape index (κ2) is 7.80. The van der Waals surface area contributed by atoms with E-state index in [4.69, 9.17) is 4.74 Å². The molecule has 0 amide bonds. The van der Waals surface area contributed by atoms with Gasteiger partial charge < -0.3 is 10.1 Å². The average molecular weight is 407 g/mol. The number of benzene rings is 2. The summed E-state index contributed by atoms with van der Waals surface area (Å²) in [7, 11) is -3.54. The van der Waals surface area contributed by atoms with Crippen LogP contribution in [0.4, 0.5) is 11.5 Å². The van der Waals surface area contributed by atoms with Gasteiger partial charge in [0, 0.05) is 11.9 Å². The maximum atomic E-state index is 11.7. The summed E-state index contributed by atoms with van der Waals surface area (Å²) in [5, 5.41) is 2.86. The van der Waals surface area contributed by atoms with Gasteiger partial charge in [0.25, 0.3) is 0 Å². The number of sulfone groups is 1. The number of fused-ring (bicyclic) bond motifs is 1. The van der Waals surface area contributed by atoms with Crippen LogP contribution >= 0.6 is 0 Å². The molecule has 29 heavy (non-hydrogen) atoms. The molecule has 0 aliphatic carbocycles. The molecule has 0 atom stereocenters. The predicted molar refractivity (Wildman–Crippen MR) is 109 cm³/mol. The molecule has 2 aromatic carbocycles. The molecule has 0 fully saturated rings. The molecule has 4 aromatic rings. The van der Waals surface area contributed by atoms with Gasteiger partial charge >= 0.3 is 0 Å². The van der Waals surface area contributed by atoms with E-state index in [0.29, 0.717) is 23.5 Å². The fourth-order valence-corrected chi connectivity index (χ4v) is 3.12. The Hall–Kier alpha value is -3.59. The maximum absolute atomic E-state index is 11.7. The fraction of sp³-hybridized carbons (Fsp3) is 0.100. The topological polar surface area (TPSA) is 107 Å². The lowest BCUT2D eigenvalue weighted by Crippen LogP contribution is -2.06. The van der Waals surface area contributed by atoms with Gasteiger partial charge in [0.05, 0.1) is 6.20 Å². The van der Waals surface area contributed by atoms with Gasteiger partial charge in [0.1, 0.15) is 29.7 Å². The Morgan fingerprint density at radius 2 is 1.72 bits per heavy atom. The third-order valence-electron chi connectivity index (χ3n) is 4.05. The van der Waals surface area contributed by atoms with Gasteiger partial charge in [-0.05, 0) is 29.8 Å². The van der Waals surface area contributed by atoms with Crippen molar-refractivity contribution < 1.29 is 13.2 Å². The van der Waals surface area contributed by atoms with Crippen molar-refractivity contribution in [2.45, 2.75) is 11.8 Å². The van der Waals surface area contributed by atoms with Crippen LogP contribution < -0.4 is 10.1 Å². The lowest BCUT2D eigenvalue weighted by Gasteiger charge is -2.10. The van der Waals surface area contributed by atoms with Gasteiger partial charge in [0.2, 0.25) is 15.0 Å². The quantitative estimate of drug-likeness (QED) is 0.486. The number of hydrogen-bond donors (Lipinski definition) is 1. The fourth-order valence-electron chi connectivity index (χ4n) is 2.62. The number of hydrogen-bond acceptors (Lipinski definition) is 8. The van der Waals surface area contributed by atoms with E-state index < -0.39 is 9.84 Å². The van der Waals surface area contributed by atoms with Crippen molar-refractivity contribution in [3.8, 4) is 5.75 Å². The molecule has 0 bridgehead atoms. The first-order valence-corrected chi connectivity index (χ1v) is 10.6. The Morgan fingerprint density at radius 1 is 0.966 bits per heavy atom. The van der Waals surface area contributed by atoms with Gasteiger partial charge in [-0.1, -0.05) is 30.3 Å². The number of aromatic nitrogens is 4. The zero-order chi connectivity index (χ0) is 20.3. The molecule has 2 heterocycles. The van der Waals surface area contributed by atoms with Crippen molar-refractivity contribution in [2.24, 2.45) is 0 Å². The van der Waals surface area contributed by atoms with Gasteiger partial charge in [-0.15, -0.1) is 0 Å². The third-order valence-corrected chi connectivity index (χ3v) is 4.91. The minimum Gasteiger partial charge on any atom is -0.489 e. The first-order chi connectivity index (χ1) is 14.0. The normalized spacial score (nSPS) is 11.3. The Balaban J connectivity index is 1.54. The Bertz CT molecular complexity index is 1250. The largest absolute Gasteiger partial charge is 0.489 e. The first kappa shape index (κ1) is 18.8. The molecule has 1 N–H and O–H groups in total. The summed E-state index contributed by atoms with van der Waals surface area (Å²) in [5.41, 5.74) is 2.60. The molecule has 0 saturated carbocycles. The second-order valence-electron chi connectivity index (χ2n) is 6.30. The number of ether oxygens (including phenoxy) is 1. The van der Waals surface area contributed by atoms with Crippen LogP contribution in [0.2, 0.25) is 0 Å². The van der Waals surface area contributed by atoms with Crippen LogP contribution in [0.5, 0.6) is 5.75 Å². The summed E-state index contributed by atoms with van der Waals surface area (Å²) in [6.07, 6.45) is 3.79. The molecule has 0 unspecified atom stereocenters. The summed E-state index contributed by atoms with van der Waals surface area (Å²) >= 11 is 0. The zero-order valence-electron chi connectivity index (χ0n) is 15.5. The van der Waals surface area contributed by atoms with E-state index in [2.05, 4.69) is 25.3 Å². The van der Waals surface area contributed by atoms with Gasteiger partial charge in [-0.2, -0.15) is 0 Å². The highest BCUT2D eigenvalue weighted by Crippen LogP contribution is 2.23. The summed E-state index contributed by atoms with van der Waals surface area (Å²) in [4.78, 5) is 16.2. The van der Waals surface area contributed by atoms with E-state index in [1.807, 2.05) is 54.6 Å². The number of rotatable bonds is 6. The van der Waals surface area contributed by atoms with Crippen LogP contribution in [0.15, 0.2) is 72.3 Å². The minimum atomic E-state index is -3.54. The molecule has 146 valence electrons. The SMILES string of the molecule is CS(=O)(=O)c1ncc2ncnc(Nc3ccc(OCc4ccccc4)cc3)c2n1. The summed E-state index contributed by atoms with van der Waals surface area (Å²) in [5.74, 6) is 1.12. The lowest BCUT2D eigenvalue weighted by atomic mass is 10.2. The second-order valence-corrected chi connectivity index (χ2v) is 8.21. The molecule has 0 radical (unpaired) electrons. The number of nitrogens with zero attached hydrogens (tertiary/aromatic N) is 4. The van der Waals surface area contributed by atoms with Crippen LogP contribution in [0.25, 0.3) is 11.0 Å². The van der Waals surface area contributed by atoms with Crippen molar-refractivity contribution in [1.29, 1.82) is 0 Å². The highest BCUT2D eigenvalue weighted by Gasteiger charge is 2.14. The van der Waals surface area contributed by atoms with E-state index >= 15 is 0 Å². The molecular weight excluding hydrogens is 390 g/mol. The van der Waals surface area contributed by atoms with Crippen molar-refractivity contribution in [3.05, 3.63) is 72.7 Å². The third kappa shape index (κ3) is 4.46. The molecule has 0 aliphatic heterocycles. The van der Waals surface area contributed by atoms with Gasteiger partial charge in [0.15, 0.2) is 5.82 Å². The number of nitrogens with one attached hydrogen (secondary N) is 1. The molecule has 0 saturated heterocycles. The molecular formula is C20H17N5O3S. The summed E-state index contributed by atoms with van der Waals surface area (Å²) in [6.45, 7) is 0.481. The van der Waals surface area contributed by atoms with E-state index in [9.17, 15) is 8.42 Å². The maximum Gasteiger partial charge on any atom is 0.247 e. The van der Waals surface area contributed by atoms with Crippen molar-refractivity contribution in [2.75, 3.05) is 11.6 Å². The van der Waals surface area contributed by atoms with Crippen LogP contribution in [0, 0.1) is 0 Å². The molecule has 0 aliphatic rings. The standard InChI is InChI=1S/C20H17N5O3S/c1-29(26,27)20-21-11-17-18(25-20)19(23-13-22-17)24-15-7-9-16(10-8-15)28-12-14-5-3-2-4-6-14/h2-11,13H,12H2,1H3,(H,22,23,24). The van der Waals surface area contributed by atoms with E-state index in [0.717, 1.165) is 23.3 Å². The van der Waals surface area contributed by atoms with Crippen molar-refractivity contribution in [1.82, 2.24) is 19.9 Å². The molecule has 9 heteroatoms. The Labute approximate surface area is 167 Å². The summed E-state index contributed by atoms with van der Waals surface area (Å²) in [6, 6.07) is 17.3. The number of anilines is 2. The van der Waals surface area contributed by atoms with E-state index in [1.165, 1.54) is 12.5 Å². The van der Waals surface area contributed by atoms with Crippen LogP contribution in [-0.2, 0) is 16.4 Å². The first-order valence-electron chi connectivity index (χ1n) is 8.71. The van der Waals surface area contributed by atoms with Crippen molar-refractivity contribution >= 4 is 32.4 Å². The molecule has 8 nitrogen and oxygen atoms in total. The zero-order valence-corrected chi connectivity index (χ0v) is 16.3. The van der Waals surface area contributed by atoms with Gasteiger partial charge in [-0.25, -0.2) is 28.4 Å². The molecule has 4 rings (SSSR count). The van der Waals surface area contributed by atoms with Crippen LogP contribution in [-0.4, -0.2) is 34.6 Å². The highest BCUT2D eigenvalue weighted by molar-refractivity contribution is 7.90. The predicted octanol–water partition coefficient (Wildman–Crippen LogP) is 3.15. The van der Waals surface area contributed by atoms with E-state index in [-0.39, 0.29) is 5.16 Å². The average Bonchev–Trinajstić information content (AvgIpc) is 2.73. The van der Waals surface area contributed by atoms with E-state index in [1.54, 1.807) is 0 Å². The molecule has 2 aromatic heterocycles. The smallest absolute Gasteiger partial charge is 0.247 e. The van der Waals surface area contributed by atoms with Crippen molar-refractivity contribution in [3.63, 3.8) is 0 Å². The minimum absolute atomic E-state index is 0.271. The van der Waals surface area contributed by atoms with Gasteiger partial charge in [-0.3, -0.25) is 0 Å². The van der Waals surface area contributed by atoms with Crippen LogP contribution in [0.3, 0.4) is 0 Å². The Morgan fingerprint density at radius 3 is 2.45 bits per heavy atom. The summed E-state index contributed by atoms with van der Waals surface area (Å²) < 4.78 is 29.3. The Kier molecular flexibility index (Phi) is 5.05. The molecule has 0 spiro atoms. The highest BCUT2D eigenvalue weighted by atomic mass is 32.2. The monoisotopic (exact) mass is 407 g/mol. The lowest BCUT2D eigenvalue weighted by molar-refractivity contribution is 0.306. The van der Waals surface area contributed by atoms with Crippen LogP contribution in [0.1, 0.15) is 5.56 Å².